The van der Waals surface area contributed by atoms with Gasteiger partial charge in [0.1, 0.15) is 0 Å². The van der Waals surface area contributed by atoms with E-state index in [1.165, 1.54) is 11.1 Å². The maximum atomic E-state index is 12.4. The molecular formula is C16H26N4O3S. The molecule has 0 aliphatic carbocycles. The number of unbranched alkanes of at least 4 members (excludes halogenated alkanes) is 1. The number of hydrogen-bond donors (Lipinski definition) is 1. The average molecular weight is 354 g/mol. The van der Waals surface area contributed by atoms with Gasteiger partial charge in [-0.3, -0.25) is 24.4 Å². The second-order valence-corrected chi connectivity index (χ2v) is 6.37. The third kappa shape index (κ3) is 5.32. The first-order valence-corrected chi connectivity index (χ1v) is 9.00. The first-order valence-electron chi connectivity index (χ1n) is 8.59. The smallest absolute Gasteiger partial charge is 0.246 e. The van der Waals surface area contributed by atoms with Crippen molar-refractivity contribution in [3.05, 3.63) is 0 Å². The molecule has 2 saturated heterocycles. The second-order valence-electron chi connectivity index (χ2n) is 5.98. The Labute approximate surface area is 148 Å². The number of morpholine rings is 1. The third-order valence-corrected chi connectivity index (χ3v) is 4.47. The highest BCUT2D eigenvalue weighted by Crippen LogP contribution is 2.10. The second kappa shape index (κ2) is 9.80. The SMILES string of the molecule is CCCCN1C(=O)[C@H](C=NCCCN2CCOCC2)C(=O)NC1=S. The Bertz CT molecular complexity index is 492. The number of ether oxygens (including phenoxy) is 1. The number of thiocarbonyl (C=S) groups is 1. The van der Waals surface area contributed by atoms with Gasteiger partial charge in [-0.05, 0) is 25.1 Å². The number of rotatable bonds is 8. The lowest BCUT2D eigenvalue weighted by Crippen LogP contribution is -2.58. The molecule has 0 radical (unpaired) electrons. The molecule has 0 aromatic heterocycles. The minimum atomic E-state index is -0.864. The molecule has 7 nitrogen and oxygen atoms in total. The van der Waals surface area contributed by atoms with Crippen LogP contribution in [-0.2, 0) is 14.3 Å². The van der Waals surface area contributed by atoms with Gasteiger partial charge in [0.2, 0.25) is 11.8 Å². The minimum absolute atomic E-state index is 0.204. The molecule has 0 aromatic rings. The van der Waals surface area contributed by atoms with Gasteiger partial charge in [-0.15, -0.1) is 0 Å². The van der Waals surface area contributed by atoms with E-state index in [1.807, 2.05) is 6.92 Å². The van der Waals surface area contributed by atoms with Crippen molar-refractivity contribution < 1.29 is 14.3 Å². The predicted molar refractivity (Wildman–Crippen MR) is 96.1 cm³/mol. The van der Waals surface area contributed by atoms with Crippen molar-refractivity contribution in [2.75, 3.05) is 45.9 Å². The van der Waals surface area contributed by atoms with Gasteiger partial charge < -0.3 is 10.1 Å². The van der Waals surface area contributed by atoms with Crippen molar-refractivity contribution in [3.63, 3.8) is 0 Å². The average Bonchev–Trinajstić information content (AvgIpc) is 2.58. The molecule has 2 aliphatic rings. The van der Waals surface area contributed by atoms with Crippen molar-refractivity contribution in [3.8, 4) is 0 Å². The van der Waals surface area contributed by atoms with Gasteiger partial charge in [0, 0.05) is 38.9 Å². The van der Waals surface area contributed by atoms with E-state index in [-0.39, 0.29) is 16.9 Å². The van der Waals surface area contributed by atoms with Gasteiger partial charge in [-0.1, -0.05) is 13.3 Å². The summed E-state index contributed by atoms with van der Waals surface area (Å²) in [5, 5.41) is 2.80. The van der Waals surface area contributed by atoms with Crippen LogP contribution in [0.5, 0.6) is 0 Å². The molecule has 8 heteroatoms. The zero-order valence-electron chi connectivity index (χ0n) is 14.2. The topological polar surface area (TPSA) is 74.2 Å². The number of amides is 2. The van der Waals surface area contributed by atoms with Crippen molar-refractivity contribution in [2.24, 2.45) is 10.9 Å². The molecule has 2 rings (SSSR count). The van der Waals surface area contributed by atoms with Crippen LogP contribution >= 0.6 is 12.2 Å². The highest BCUT2D eigenvalue weighted by atomic mass is 32.1. The van der Waals surface area contributed by atoms with E-state index in [9.17, 15) is 9.59 Å². The van der Waals surface area contributed by atoms with Gasteiger partial charge in [0.05, 0.1) is 13.2 Å². The minimum Gasteiger partial charge on any atom is -0.379 e. The lowest BCUT2D eigenvalue weighted by Gasteiger charge is -2.30. The highest BCUT2D eigenvalue weighted by molar-refractivity contribution is 7.80. The van der Waals surface area contributed by atoms with E-state index < -0.39 is 5.92 Å². The van der Waals surface area contributed by atoms with Crippen molar-refractivity contribution in [2.45, 2.75) is 26.2 Å². The molecule has 0 bridgehead atoms. The first kappa shape index (κ1) is 19.0. The molecule has 2 aliphatic heterocycles. The molecule has 134 valence electrons. The predicted octanol–water partition coefficient (Wildman–Crippen LogP) is 0.439. The Morgan fingerprint density at radius 1 is 1.29 bits per heavy atom. The summed E-state index contributed by atoms with van der Waals surface area (Å²) >= 11 is 5.09. The van der Waals surface area contributed by atoms with E-state index >= 15 is 0 Å². The normalized spacial score (nSPS) is 23.1. The molecule has 1 N–H and O–H groups in total. The fourth-order valence-electron chi connectivity index (χ4n) is 2.68. The summed E-state index contributed by atoms with van der Waals surface area (Å²) in [6, 6.07) is 0. The maximum Gasteiger partial charge on any atom is 0.246 e. The zero-order valence-corrected chi connectivity index (χ0v) is 15.0. The summed E-state index contributed by atoms with van der Waals surface area (Å²) in [6.45, 7) is 7.63. The van der Waals surface area contributed by atoms with Crippen LogP contribution in [0.25, 0.3) is 0 Å². The molecule has 2 amide bonds. The Kier molecular flexibility index (Phi) is 7.74. The fourth-order valence-corrected chi connectivity index (χ4v) is 2.96. The summed E-state index contributed by atoms with van der Waals surface area (Å²) < 4.78 is 5.31. The molecular weight excluding hydrogens is 328 g/mol. The Morgan fingerprint density at radius 2 is 2.04 bits per heavy atom. The summed E-state index contributed by atoms with van der Waals surface area (Å²) in [6.07, 6.45) is 4.18. The van der Waals surface area contributed by atoms with E-state index in [0.29, 0.717) is 13.1 Å². The van der Waals surface area contributed by atoms with E-state index in [4.69, 9.17) is 17.0 Å². The van der Waals surface area contributed by atoms with Gasteiger partial charge in [-0.25, -0.2) is 0 Å². The number of aliphatic imine (C=N–C) groups is 1. The van der Waals surface area contributed by atoms with Gasteiger partial charge in [-0.2, -0.15) is 0 Å². The summed E-state index contributed by atoms with van der Waals surface area (Å²) in [5.41, 5.74) is 0. The number of nitrogens with zero attached hydrogens (tertiary/aromatic N) is 3. The number of carbonyl (C=O) groups is 2. The summed E-state index contributed by atoms with van der Waals surface area (Å²) in [4.78, 5) is 32.5. The lowest BCUT2D eigenvalue weighted by molar-refractivity contribution is -0.137. The van der Waals surface area contributed by atoms with Crippen LogP contribution < -0.4 is 5.32 Å². The monoisotopic (exact) mass is 354 g/mol. The number of nitrogens with one attached hydrogen (secondary N) is 1. The van der Waals surface area contributed by atoms with Gasteiger partial charge >= 0.3 is 0 Å². The third-order valence-electron chi connectivity index (χ3n) is 4.14. The number of hydrogen-bond acceptors (Lipinski definition) is 6. The van der Waals surface area contributed by atoms with Gasteiger partial charge in [0.25, 0.3) is 0 Å². The van der Waals surface area contributed by atoms with Crippen molar-refractivity contribution >= 4 is 35.4 Å². The van der Waals surface area contributed by atoms with Gasteiger partial charge in [0.15, 0.2) is 11.0 Å². The molecule has 1 atom stereocenters. The first-order chi connectivity index (χ1) is 11.6. The molecule has 0 saturated carbocycles. The largest absolute Gasteiger partial charge is 0.379 e. The molecule has 0 spiro atoms. The Hall–Kier alpha value is -1.38. The van der Waals surface area contributed by atoms with Crippen LogP contribution in [0.15, 0.2) is 4.99 Å². The Balaban J connectivity index is 1.79. The molecule has 2 fully saturated rings. The van der Waals surface area contributed by atoms with E-state index in [2.05, 4.69) is 15.2 Å². The molecule has 24 heavy (non-hydrogen) atoms. The summed E-state index contributed by atoms with van der Waals surface area (Å²) in [7, 11) is 0. The van der Waals surface area contributed by atoms with Crippen LogP contribution in [0.4, 0.5) is 0 Å². The van der Waals surface area contributed by atoms with E-state index in [1.54, 1.807) is 0 Å². The van der Waals surface area contributed by atoms with E-state index in [0.717, 1.165) is 52.1 Å². The van der Waals surface area contributed by atoms with Crippen molar-refractivity contribution in [1.29, 1.82) is 0 Å². The van der Waals surface area contributed by atoms with Crippen LogP contribution in [0.2, 0.25) is 0 Å². The van der Waals surface area contributed by atoms with Crippen LogP contribution in [0.1, 0.15) is 26.2 Å². The molecule has 0 aromatic carbocycles. The van der Waals surface area contributed by atoms with Crippen LogP contribution in [0, 0.1) is 5.92 Å². The highest BCUT2D eigenvalue weighted by Gasteiger charge is 2.36. The molecule has 0 unspecified atom stereocenters. The van der Waals surface area contributed by atoms with Crippen LogP contribution in [0.3, 0.4) is 0 Å². The summed E-state index contributed by atoms with van der Waals surface area (Å²) in [5.74, 6) is -1.51. The molecule has 2 heterocycles. The van der Waals surface area contributed by atoms with Crippen LogP contribution in [-0.4, -0.2) is 78.9 Å². The lowest BCUT2D eigenvalue weighted by atomic mass is 10.1. The quantitative estimate of drug-likeness (QED) is 0.296. The van der Waals surface area contributed by atoms with Crippen molar-refractivity contribution in [1.82, 2.24) is 15.1 Å². The standard InChI is InChI=1S/C16H26N4O3S/c1-2-3-7-20-15(22)13(14(21)18-16(20)24)12-17-5-4-6-19-8-10-23-11-9-19/h12-13H,2-11H2,1H3,(H,18,21,24)/t13-/m1/s1. The Morgan fingerprint density at radius 3 is 2.75 bits per heavy atom. The zero-order chi connectivity index (χ0) is 17.4. The fraction of sp³-hybridized carbons (Fsp3) is 0.750. The number of carbonyl (C=O) groups excluding carboxylic acids is 2. The maximum absolute atomic E-state index is 12.4.